The molecule has 0 saturated carbocycles. The van der Waals surface area contributed by atoms with Gasteiger partial charge in [-0.2, -0.15) is 0 Å². The highest BCUT2D eigenvalue weighted by molar-refractivity contribution is 5.72. The van der Waals surface area contributed by atoms with E-state index in [0.29, 0.717) is 12.4 Å². The van der Waals surface area contributed by atoms with Gasteiger partial charge in [0.15, 0.2) is 11.6 Å². The fourth-order valence-corrected chi connectivity index (χ4v) is 5.02. The zero-order chi connectivity index (χ0) is 23.9. The minimum atomic E-state index is 0.134. The molecule has 0 amide bonds. The predicted molar refractivity (Wildman–Crippen MR) is 136 cm³/mol. The average molecular weight is 460 g/mol. The summed E-state index contributed by atoms with van der Waals surface area (Å²) in [6.07, 6.45) is 4.10. The molecule has 0 spiro atoms. The van der Waals surface area contributed by atoms with Crippen LogP contribution >= 0.6 is 0 Å². The van der Waals surface area contributed by atoms with E-state index in [1.807, 2.05) is 0 Å². The van der Waals surface area contributed by atoms with Crippen LogP contribution in [0.2, 0.25) is 0 Å². The first-order valence-electron chi connectivity index (χ1n) is 11.8. The van der Waals surface area contributed by atoms with Gasteiger partial charge in [0.2, 0.25) is 0 Å². The highest BCUT2D eigenvalue weighted by atomic mass is 16.3. The number of nitrogens with zero attached hydrogens (tertiary/aromatic N) is 6. The van der Waals surface area contributed by atoms with E-state index in [2.05, 4.69) is 81.1 Å². The molecule has 3 aromatic rings. The largest absolute Gasteiger partial charge is 0.504 e. The number of hydrogen-bond donors (Lipinski definition) is 2. The van der Waals surface area contributed by atoms with Crippen molar-refractivity contribution in [3.8, 4) is 5.75 Å². The van der Waals surface area contributed by atoms with Crippen LogP contribution in [0.4, 0.5) is 23.0 Å². The van der Waals surface area contributed by atoms with Crippen LogP contribution in [-0.2, 0) is 18.4 Å². The van der Waals surface area contributed by atoms with Crippen LogP contribution in [0.15, 0.2) is 42.9 Å². The zero-order valence-corrected chi connectivity index (χ0v) is 20.4. The standard InChI is InChI=1S/C26H33N7O/c1-26(2)16-33(13-12-31(3)4)22-14-18(7-8-20(22)26)30-24-19-9-11-32(15-21(19)28-17-29-24)25-23(34)6-5-10-27-25/h5-8,10,14,17,34H,9,11-13,15-16H2,1-4H3,(H,28,29,30). The molecule has 0 bridgehead atoms. The van der Waals surface area contributed by atoms with Crippen molar-refractivity contribution in [3.63, 3.8) is 0 Å². The molecule has 0 atom stereocenters. The molecule has 0 radical (unpaired) electrons. The maximum atomic E-state index is 10.2. The zero-order valence-electron chi connectivity index (χ0n) is 20.4. The molecule has 1 aromatic carbocycles. The highest BCUT2D eigenvalue weighted by Gasteiger charge is 2.35. The van der Waals surface area contributed by atoms with Gasteiger partial charge in [-0.1, -0.05) is 19.9 Å². The number of fused-ring (bicyclic) bond motifs is 2. The summed E-state index contributed by atoms with van der Waals surface area (Å²) in [5, 5.41) is 13.8. The van der Waals surface area contributed by atoms with Crippen molar-refractivity contribution < 1.29 is 5.11 Å². The normalized spacial score (nSPS) is 16.5. The highest BCUT2D eigenvalue weighted by Crippen LogP contribution is 2.42. The van der Waals surface area contributed by atoms with Crippen molar-refractivity contribution in [1.82, 2.24) is 19.9 Å². The summed E-state index contributed by atoms with van der Waals surface area (Å²) in [7, 11) is 4.24. The van der Waals surface area contributed by atoms with Gasteiger partial charge in [0.25, 0.3) is 0 Å². The van der Waals surface area contributed by atoms with Crippen molar-refractivity contribution in [2.75, 3.05) is 55.4 Å². The molecule has 2 aromatic heterocycles. The maximum absolute atomic E-state index is 10.2. The Morgan fingerprint density at radius 1 is 1.15 bits per heavy atom. The van der Waals surface area contributed by atoms with E-state index in [1.165, 1.54) is 11.3 Å². The molecule has 2 aliphatic heterocycles. The summed E-state index contributed by atoms with van der Waals surface area (Å²) < 4.78 is 0. The third kappa shape index (κ3) is 4.25. The number of benzene rings is 1. The van der Waals surface area contributed by atoms with E-state index < -0.39 is 0 Å². The van der Waals surface area contributed by atoms with Crippen molar-refractivity contribution in [2.24, 2.45) is 0 Å². The second-order valence-electron chi connectivity index (χ2n) is 10.1. The molecule has 0 fully saturated rings. The van der Waals surface area contributed by atoms with E-state index in [4.69, 9.17) is 0 Å². The Balaban J connectivity index is 1.39. The average Bonchev–Trinajstić information content (AvgIpc) is 3.07. The number of likely N-dealkylation sites (N-methyl/N-ethyl adjacent to an activating group) is 1. The molecule has 2 aliphatic rings. The van der Waals surface area contributed by atoms with E-state index in [1.54, 1.807) is 24.7 Å². The molecule has 34 heavy (non-hydrogen) atoms. The Bertz CT molecular complexity index is 1190. The van der Waals surface area contributed by atoms with Crippen LogP contribution in [-0.4, -0.2) is 65.2 Å². The van der Waals surface area contributed by atoms with Crippen LogP contribution in [0.25, 0.3) is 0 Å². The van der Waals surface area contributed by atoms with E-state index in [9.17, 15) is 5.11 Å². The lowest BCUT2D eigenvalue weighted by Gasteiger charge is -2.30. The first kappa shape index (κ1) is 22.4. The second kappa shape index (κ2) is 8.76. The number of hydrogen-bond acceptors (Lipinski definition) is 8. The summed E-state index contributed by atoms with van der Waals surface area (Å²) >= 11 is 0. The van der Waals surface area contributed by atoms with Gasteiger partial charge in [-0.15, -0.1) is 0 Å². The molecule has 0 unspecified atom stereocenters. The Labute approximate surface area is 201 Å². The lowest BCUT2D eigenvalue weighted by molar-refractivity contribution is 0.409. The third-order valence-electron chi connectivity index (χ3n) is 6.81. The smallest absolute Gasteiger partial charge is 0.171 e. The maximum Gasteiger partial charge on any atom is 0.171 e. The Hall–Kier alpha value is -3.39. The fourth-order valence-electron chi connectivity index (χ4n) is 5.02. The first-order chi connectivity index (χ1) is 16.3. The molecule has 0 aliphatic carbocycles. The molecular weight excluding hydrogens is 426 g/mol. The summed E-state index contributed by atoms with van der Waals surface area (Å²) in [5.41, 5.74) is 5.96. The van der Waals surface area contributed by atoms with Crippen LogP contribution in [0.5, 0.6) is 5.75 Å². The first-order valence-corrected chi connectivity index (χ1v) is 11.8. The second-order valence-corrected chi connectivity index (χ2v) is 10.1. The molecule has 8 heteroatoms. The fraction of sp³-hybridized carbons (Fsp3) is 0.423. The monoisotopic (exact) mass is 459 g/mol. The lowest BCUT2D eigenvalue weighted by atomic mass is 9.87. The van der Waals surface area contributed by atoms with Crippen molar-refractivity contribution in [2.45, 2.75) is 32.2 Å². The van der Waals surface area contributed by atoms with Crippen molar-refractivity contribution in [1.29, 1.82) is 0 Å². The van der Waals surface area contributed by atoms with Crippen LogP contribution in [0.3, 0.4) is 0 Å². The Kier molecular flexibility index (Phi) is 5.77. The SMILES string of the molecule is CN(C)CCN1CC(C)(C)c2ccc(Nc3ncnc4c3CCN(c3ncccc3O)C4)cc21. The predicted octanol–water partition coefficient (Wildman–Crippen LogP) is 3.54. The van der Waals surface area contributed by atoms with Crippen LogP contribution < -0.4 is 15.1 Å². The van der Waals surface area contributed by atoms with E-state index in [-0.39, 0.29) is 11.2 Å². The molecule has 2 N–H and O–H groups in total. The van der Waals surface area contributed by atoms with Gasteiger partial charge in [-0.3, -0.25) is 0 Å². The van der Waals surface area contributed by atoms with Gasteiger partial charge in [-0.05, 0) is 50.3 Å². The van der Waals surface area contributed by atoms with Crippen molar-refractivity contribution in [3.05, 3.63) is 59.7 Å². The van der Waals surface area contributed by atoms with Gasteiger partial charge < -0.3 is 25.1 Å². The number of pyridine rings is 1. The summed E-state index contributed by atoms with van der Waals surface area (Å²) in [6.45, 7) is 9.03. The van der Waals surface area contributed by atoms with Gasteiger partial charge >= 0.3 is 0 Å². The Morgan fingerprint density at radius 2 is 2.00 bits per heavy atom. The minimum absolute atomic E-state index is 0.134. The number of nitrogens with one attached hydrogen (secondary N) is 1. The summed E-state index contributed by atoms with van der Waals surface area (Å²) in [6, 6.07) is 10.1. The Morgan fingerprint density at radius 3 is 2.79 bits per heavy atom. The van der Waals surface area contributed by atoms with Gasteiger partial charge in [-0.25, -0.2) is 15.0 Å². The number of aromatic hydroxyl groups is 1. The van der Waals surface area contributed by atoms with Crippen LogP contribution in [0.1, 0.15) is 30.7 Å². The van der Waals surface area contributed by atoms with E-state index >= 15 is 0 Å². The topological polar surface area (TPSA) is 80.7 Å². The van der Waals surface area contributed by atoms with Gasteiger partial charge in [0.05, 0.1) is 12.2 Å². The number of anilines is 4. The number of aromatic nitrogens is 3. The lowest BCUT2D eigenvalue weighted by Crippen LogP contribution is -2.34. The number of rotatable bonds is 6. The molecule has 178 valence electrons. The molecule has 4 heterocycles. The molecular formula is C26H33N7O. The summed E-state index contributed by atoms with van der Waals surface area (Å²) in [4.78, 5) is 20.3. The minimum Gasteiger partial charge on any atom is -0.504 e. The van der Waals surface area contributed by atoms with Crippen molar-refractivity contribution >= 4 is 23.0 Å². The van der Waals surface area contributed by atoms with Gasteiger partial charge in [0.1, 0.15) is 12.1 Å². The summed E-state index contributed by atoms with van der Waals surface area (Å²) in [5.74, 6) is 1.64. The van der Waals surface area contributed by atoms with Gasteiger partial charge in [0, 0.05) is 54.7 Å². The molecule has 8 nitrogen and oxygen atoms in total. The quantitative estimate of drug-likeness (QED) is 0.579. The van der Waals surface area contributed by atoms with E-state index in [0.717, 1.165) is 55.4 Å². The molecule has 5 rings (SSSR count). The van der Waals surface area contributed by atoms with Crippen LogP contribution in [0, 0.1) is 0 Å². The third-order valence-corrected chi connectivity index (χ3v) is 6.81. The molecule has 0 saturated heterocycles.